The topological polar surface area (TPSA) is 110 Å². The first-order chi connectivity index (χ1) is 18.1. The summed E-state index contributed by atoms with van der Waals surface area (Å²) < 4.78 is 10.7. The smallest absolute Gasteiger partial charge is 0.435 e. The Bertz CT molecular complexity index is 1150. The lowest BCUT2D eigenvalue weighted by atomic mass is 9.90. The number of rotatable bonds is 10. The highest BCUT2D eigenvalue weighted by molar-refractivity contribution is 5.80. The van der Waals surface area contributed by atoms with Crippen LogP contribution in [-0.2, 0) is 20.8 Å². The van der Waals surface area contributed by atoms with Crippen LogP contribution in [0.3, 0.4) is 0 Å². The highest BCUT2D eigenvalue weighted by Crippen LogP contribution is 2.31. The molecule has 3 aromatic rings. The van der Waals surface area contributed by atoms with Crippen molar-refractivity contribution < 1.29 is 19.1 Å². The summed E-state index contributed by atoms with van der Waals surface area (Å²) >= 11 is 0. The van der Waals surface area contributed by atoms with E-state index in [2.05, 4.69) is 51.8 Å². The third kappa shape index (κ3) is 6.72. The maximum atomic E-state index is 13.4. The van der Waals surface area contributed by atoms with Crippen molar-refractivity contribution in [3.05, 3.63) is 54.1 Å². The van der Waals surface area contributed by atoms with E-state index in [9.17, 15) is 9.59 Å². The number of nitrogens with one attached hydrogen (secondary N) is 1. The minimum Gasteiger partial charge on any atom is -0.435 e. The normalized spacial score (nSPS) is 17.2. The average molecular weight is 506 g/mol. The van der Waals surface area contributed by atoms with Crippen LogP contribution in [0.25, 0.3) is 22.5 Å². The predicted molar refractivity (Wildman–Crippen MR) is 139 cm³/mol. The fraction of sp³-hybridized carbons (Fsp3) is 0.464. The van der Waals surface area contributed by atoms with Gasteiger partial charge in [0.15, 0.2) is 5.82 Å². The van der Waals surface area contributed by atoms with Gasteiger partial charge in [0.2, 0.25) is 5.91 Å². The molecule has 0 radical (unpaired) electrons. The van der Waals surface area contributed by atoms with Gasteiger partial charge in [0.1, 0.15) is 6.10 Å². The molecular weight excluding hydrogens is 470 g/mol. The maximum absolute atomic E-state index is 13.4. The second kappa shape index (κ2) is 13.0. The average Bonchev–Trinajstić information content (AvgIpc) is 3.46. The second-order valence-corrected chi connectivity index (χ2v) is 9.31. The summed E-state index contributed by atoms with van der Waals surface area (Å²) in [5.41, 5.74) is 3.98. The number of aromatic amines is 1. The zero-order valence-electron chi connectivity index (χ0n) is 21.6. The van der Waals surface area contributed by atoms with Gasteiger partial charge in [-0.3, -0.25) is 4.79 Å². The highest BCUT2D eigenvalue weighted by atomic mass is 16.7. The van der Waals surface area contributed by atoms with Crippen LogP contribution >= 0.6 is 0 Å². The van der Waals surface area contributed by atoms with Crippen LogP contribution in [0, 0.1) is 0 Å². The van der Waals surface area contributed by atoms with Crippen LogP contribution in [0.2, 0.25) is 0 Å². The number of hydrogen-bond acceptors (Lipinski definition) is 7. The molecule has 1 fully saturated rings. The van der Waals surface area contributed by atoms with Crippen molar-refractivity contribution in [1.29, 1.82) is 0 Å². The van der Waals surface area contributed by atoms with E-state index in [4.69, 9.17) is 9.47 Å². The molecule has 1 N–H and O–H groups in total. The van der Waals surface area contributed by atoms with Crippen molar-refractivity contribution in [2.45, 2.75) is 77.5 Å². The first kappa shape index (κ1) is 26.3. The summed E-state index contributed by atoms with van der Waals surface area (Å²) in [5, 5.41) is 14.3. The van der Waals surface area contributed by atoms with Crippen LogP contribution in [0.4, 0.5) is 4.79 Å². The summed E-state index contributed by atoms with van der Waals surface area (Å²) in [4.78, 5) is 27.4. The predicted octanol–water partition coefficient (Wildman–Crippen LogP) is 5.54. The second-order valence-electron chi connectivity index (χ2n) is 9.31. The Morgan fingerprint density at radius 1 is 1.03 bits per heavy atom. The van der Waals surface area contributed by atoms with Crippen LogP contribution in [0.15, 0.2) is 48.5 Å². The SMILES string of the molecule is CCCCC(=O)N(Cc1ccc(-c2ccccc2-c2nnn[nH]2)cc1)[C@H]1CCCC[C@H]1OC(=O)OCC. The van der Waals surface area contributed by atoms with E-state index in [0.29, 0.717) is 18.8 Å². The van der Waals surface area contributed by atoms with Crippen molar-refractivity contribution in [3.63, 3.8) is 0 Å². The van der Waals surface area contributed by atoms with Gasteiger partial charge in [-0.25, -0.2) is 9.89 Å². The summed E-state index contributed by atoms with van der Waals surface area (Å²) in [6, 6.07) is 16.0. The van der Waals surface area contributed by atoms with Crippen molar-refractivity contribution in [3.8, 4) is 22.5 Å². The number of benzene rings is 2. The summed E-state index contributed by atoms with van der Waals surface area (Å²) in [7, 11) is 0. The van der Waals surface area contributed by atoms with Gasteiger partial charge in [0, 0.05) is 18.5 Å². The van der Waals surface area contributed by atoms with Gasteiger partial charge in [0.05, 0.1) is 12.6 Å². The van der Waals surface area contributed by atoms with E-state index in [1.807, 2.05) is 29.2 Å². The molecule has 196 valence electrons. The molecule has 37 heavy (non-hydrogen) atoms. The van der Waals surface area contributed by atoms with E-state index in [0.717, 1.165) is 60.8 Å². The van der Waals surface area contributed by atoms with E-state index >= 15 is 0 Å². The number of H-pyrrole nitrogens is 1. The molecule has 1 aromatic heterocycles. The Labute approximate surface area is 217 Å². The molecule has 0 aliphatic heterocycles. The molecule has 1 amide bonds. The van der Waals surface area contributed by atoms with E-state index in [1.165, 1.54) is 0 Å². The number of carbonyl (C=O) groups is 2. The van der Waals surface area contributed by atoms with Gasteiger partial charge in [0.25, 0.3) is 0 Å². The van der Waals surface area contributed by atoms with Crippen molar-refractivity contribution in [2.24, 2.45) is 0 Å². The molecule has 1 saturated carbocycles. The molecule has 1 aliphatic carbocycles. The molecule has 1 aliphatic rings. The molecule has 4 rings (SSSR count). The molecular formula is C28H35N5O4. The van der Waals surface area contributed by atoms with Crippen LogP contribution in [0.5, 0.6) is 0 Å². The lowest BCUT2D eigenvalue weighted by molar-refractivity contribution is -0.139. The number of nitrogens with zero attached hydrogens (tertiary/aromatic N) is 4. The Kier molecular flexibility index (Phi) is 9.24. The molecule has 9 nitrogen and oxygen atoms in total. The van der Waals surface area contributed by atoms with E-state index in [1.54, 1.807) is 6.92 Å². The first-order valence-corrected chi connectivity index (χ1v) is 13.2. The third-order valence-corrected chi connectivity index (χ3v) is 6.79. The van der Waals surface area contributed by atoms with E-state index < -0.39 is 6.16 Å². The van der Waals surface area contributed by atoms with Gasteiger partial charge in [-0.1, -0.05) is 68.3 Å². The van der Waals surface area contributed by atoms with Crippen LogP contribution in [0.1, 0.15) is 64.4 Å². The Morgan fingerprint density at radius 2 is 1.78 bits per heavy atom. The molecule has 0 spiro atoms. The lowest BCUT2D eigenvalue weighted by Gasteiger charge is -2.39. The maximum Gasteiger partial charge on any atom is 0.508 e. The summed E-state index contributed by atoms with van der Waals surface area (Å²) in [5.74, 6) is 0.704. The van der Waals surface area contributed by atoms with Gasteiger partial charge >= 0.3 is 6.16 Å². The van der Waals surface area contributed by atoms with Gasteiger partial charge in [-0.15, -0.1) is 5.10 Å². The first-order valence-electron chi connectivity index (χ1n) is 13.2. The minimum atomic E-state index is -0.662. The highest BCUT2D eigenvalue weighted by Gasteiger charge is 2.35. The molecule has 0 bridgehead atoms. The molecule has 1 heterocycles. The molecule has 2 aromatic carbocycles. The number of hydrogen-bond donors (Lipinski definition) is 1. The summed E-state index contributed by atoms with van der Waals surface area (Å²) in [6.45, 7) is 4.56. The zero-order valence-corrected chi connectivity index (χ0v) is 21.6. The van der Waals surface area contributed by atoms with Gasteiger partial charge in [-0.05, 0) is 59.7 Å². The van der Waals surface area contributed by atoms with Crippen LogP contribution < -0.4 is 0 Å². The quantitative estimate of drug-likeness (QED) is 0.360. The molecule has 2 atom stereocenters. The fourth-order valence-corrected chi connectivity index (χ4v) is 4.91. The number of aromatic nitrogens is 4. The monoisotopic (exact) mass is 505 g/mol. The number of ether oxygens (including phenoxy) is 2. The third-order valence-electron chi connectivity index (χ3n) is 6.79. The summed E-state index contributed by atoms with van der Waals surface area (Å²) in [6.07, 6.45) is 4.73. The Hall–Kier alpha value is -3.75. The van der Waals surface area contributed by atoms with Crippen molar-refractivity contribution in [1.82, 2.24) is 25.5 Å². The van der Waals surface area contributed by atoms with Crippen molar-refractivity contribution in [2.75, 3.05) is 6.61 Å². The number of unbranched alkanes of at least 4 members (excludes halogenated alkanes) is 1. The van der Waals surface area contributed by atoms with Gasteiger partial charge in [-0.2, -0.15) is 0 Å². The molecule has 0 unspecified atom stereocenters. The number of carbonyl (C=O) groups excluding carboxylic acids is 2. The fourth-order valence-electron chi connectivity index (χ4n) is 4.91. The number of amides is 1. The standard InChI is InChI=1S/C28H35N5O4/c1-3-5-14-26(34)33(24-12-8-9-13-25(24)37-28(35)36-4-2)19-20-15-17-21(18-16-20)22-10-6-7-11-23(22)27-29-31-32-30-27/h6-7,10-11,15-18,24-25H,3-5,8-9,12-14,19H2,1-2H3,(H,29,30,31,32)/t24-,25+/m0/s1. The van der Waals surface area contributed by atoms with Crippen LogP contribution in [-0.4, -0.2) is 56.3 Å². The lowest BCUT2D eigenvalue weighted by Crippen LogP contribution is -2.49. The minimum absolute atomic E-state index is 0.0958. The molecule has 0 saturated heterocycles. The Balaban J connectivity index is 1.56. The van der Waals surface area contributed by atoms with Crippen molar-refractivity contribution >= 4 is 12.1 Å². The number of tetrazole rings is 1. The van der Waals surface area contributed by atoms with Gasteiger partial charge < -0.3 is 14.4 Å². The largest absolute Gasteiger partial charge is 0.508 e. The van der Waals surface area contributed by atoms with E-state index in [-0.39, 0.29) is 24.7 Å². The Morgan fingerprint density at radius 3 is 2.49 bits per heavy atom. The zero-order chi connectivity index (χ0) is 26.0. The molecule has 9 heteroatoms.